The van der Waals surface area contributed by atoms with Crippen molar-refractivity contribution in [1.29, 1.82) is 0 Å². The van der Waals surface area contributed by atoms with Gasteiger partial charge in [-0.1, -0.05) is 0 Å². The van der Waals surface area contributed by atoms with Crippen molar-refractivity contribution in [2.75, 3.05) is 38.2 Å². The molecule has 106 valence electrons. The van der Waals surface area contributed by atoms with E-state index in [1.807, 2.05) is 0 Å². The SMILES string of the molecule is CS(=O)(=O)CCCNC(=O)CN1CCC(N)CC1. The number of nitrogens with one attached hydrogen (secondary N) is 1. The number of amides is 1. The van der Waals surface area contributed by atoms with Crippen LogP contribution in [0.2, 0.25) is 0 Å². The van der Waals surface area contributed by atoms with Crippen molar-refractivity contribution in [3.8, 4) is 0 Å². The highest BCUT2D eigenvalue weighted by atomic mass is 32.2. The minimum Gasteiger partial charge on any atom is -0.355 e. The lowest BCUT2D eigenvalue weighted by Crippen LogP contribution is -2.44. The van der Waals surface area contributed by atoms with Gasteiger partial charge in [-0.3, -0.25) is 9.69 Å². The molecule has 0 saturated carbocycles. The van der Waals surface area contributed by atoms with E-state index in [0.29, 0.717) is 19.5 Å². The van der Waals surface area contributed by atoms with Crippen molar-refractivity contribution in [3.05, 3.63) is 0 Å². The number of piperidine rings is 1. The number of sulfone groups is 1. The molecule has 1 amide bonds. The van der Waals surface area contributed by atoms with Crippen molar-refractivity contribution in [2.24, 2.45) is 5.73 Å². The van der Waals surface area contributed by atoms with E-state index in [9.17, 15) is 13.2 Å². The molecule has 1 fully saturated rings. The van der Waals surface area contributed by atoms with Gasteiger partial charge in [-0.05, 0) is 19.3 Å². The number of carbonyl (C=O) groups is 1. The molecule has 0 radical (unpaired) electrons. The Labute approximate surface area is 109 Å². The summed E-state index contributed by atoms with van der Waals surface area (Å²) in [5.74, 6) is 0.0743. The average molecular weight is 277 g/mol. The Hall–Kier alpha value is -0.660. The Morgan fingerprint density at radius 1 is 1.39 bits per heavy atom. The third kappa shape index (κ3) is 6.93. The fourth-order valence-corrected chi connectivity index (χ4v) is 2.60. The predicted molar refractivity (Wildman–Crippen MR) is 71.0 cm³/mol. The molecular formula is C11H23N3O3S. The van der Waals surface area contributed by atoms with Gasteiger partial charge in [0.25, 0.3) is 0 Å². The van der Waals surface area contributed by atoms with Crippen LogP contribution in [-0.4, -0.2) is 63.5 Å². The fraction of sp³-hybridized carbons (Fsp3) is 0.909. The van der Waals surface area contributed by atoms with E-state index in [1.54, 1.807) is 0 Å². The fourth-order valence-electron chi connectivity index (χ4n) is 1.93. The molecule has 0 atom stereocenters. The van der Waals surface area contributed by atoms with Crippen LogP contribution in [0.15, 0.2) is 0 Å². The Morgan fingerprint density at radius 2 is 2.00 bits per heavy atom. The van der Waals surface area contributed by atoms with E-state index in [0.717, 1.165) is 25.9 Å². The summed E-state index contributed by atoms with van der Waals surface area (Å²) in [5, 5.41) is 2.74. The number of carbonyl (C=O) groups excluding carboxylic acids is 1. The molecule has 0 aromatic rings. The van der Waals surface area contributed by atoms with Crippen molar-refractivity contribution in [3.63, 3.8) is 0 Å². The zero-order valence-electron chi connectivity index (χ0n) is 10.9. The van der Waals surface area contributed by atoms with Crippen LogP contribution in [0.5, 0.6) is 0 Å². The summed E-state index contributed by atoms with van der Waals surface area (Å²) >= 11 is 0. The minimum absolute atomic E-state index is 0.0426. The molecule has 0 unspecified atom stereocenters. The topological polar surface area (TPSA) is 92.5 Å². The van der Waals surface area contributed by atoms with Gasteiger partial charge in [0.05, 0.1) is 12.3 Å². The lowest BCUT2D eigenvalue weighted by Gasteiger charge is -2.29. The van der Waals surface area contributed by atoms with Crippen LogP contribution in [0.3, 0.4) is 0 Å². The van der Waals surface area contributed by atoms with Crippen molar-refractivity contribution >= 4 is 15.7 Å². The molecule has 0 aromatic carbocycles. The molecule has 6 nitrogen and oxygen atoms in total. The first kappa shape index (κ1) is 15.4. The first-order valence-electron chi connectivity index (χ1n) is 6.29. The molecule has 1 heterocycles. The highest BCUT2D eigenvalue weighted by Crippen LogP contribution is 2.07. The third-order valence-corrected chi connectivity index (χ3v) is 4.04. The van der Waals surface area contributed by atoms with E-state index in [2.05, 4.69) is 10.2 Å². The Morgan fingerprint density at radius 3 is 2.56 bits per heavy atom. The Kier molecular flexibility index (Phi) is 6.04. The Bertz CT molecular complexity index is 362. The van der Waals surface area contributed by atoms with Gasteiger partial charge in [-0.15, -0.1) is 0 Å². The average Bonchev–Trinajstić information content (AvgIpc) is 2.26. The van der Waals surface area contributed by atoms with E-state index in [1.165, 1.54) is 6.26 Å². The van der Waals surface area contributed by atoms with Crippen molar-refractivity contribution in [2.45, 2.75) is 25.3 Å². The normalized spacial score (nSPS) is 18.8. The zero-order valence-corrected chi connectivity index (χ0v) is 11.7. The zero-order chi connectivity index (χ0) is 13.6. The summed E-state index contributed by atoms with van der Waals surface area (Å²) in [5.41, 5.74) is 5.78. The second kappa shape index (κ2) is 7.06. The summed E-state index contributed by atoms with van der Waals surface area (Å²) in [6, 6.07) is 0.263. The van der Waals surface area contributed by atoms with E-state index in [-0.39, 0.29) is 17.7 Å². The monoisotopic (exact) mass is 277 g/mol. The van der Waals surface area contributed by atoms with Crippen LogP contribution >= 0.6 is 0 Å². The first-order chi connectivity index (χ1) is 8.37. The maximum absolute atomic E-state index is 11.6. The molecule has 0 bridgehead atoms. The second-order valence-corrected chi connectivity index (χ2v) is 7.21. The van der Waals surface area contributed by atoms with Crippen LogP contribution in [0.25, 0.3) is 0 Å². The summed E-state index contributed by atoms with van der Waals surface area (Å²) in [6.45, 7) is 2.51. The number of nitrogens with two attached hydrogens (primary N) is 1. The van der Waals surface area contributed by atoms with Crippen LogP contribution in [-0.2, 0) is 14.6 Å². The summed E-state index contributed by atoms with van der Waals surface area (Å²) in [4.78, 5) is 13.7. The van der Waals surface area contributed by atoms with Gasteiger partial charge in [0.15, 0.2) is 0 Å². The van der Waals surface area contributed by atoms with Crippen LogP contribution in [0.1, 0.15) is 19.3 Å². The van der Waals surface area contributed by atoms with Gasteiger partial charge in [-0.25, -0.2) is 8.42 Å². The highest BCUT2D eigenvalue weighted by molar-refractivity contribution is 7.90. The molecule has 1 saturated heterocycles. The molecular weight excluding hydrogens is 254 g/mol. The van der Waals surface area contributed by atoms with Gasteiger partial charge < -0.3 is 11.1 Å². The highest BCUT2D eigenvalue weighted by Gasteiger charge is 2.17. The minimum atomic E-state index is -2.93. The molecule has 1 aliphatic heterocycles. The number of hydrogen-bond acceptors (Lipinski definition) is 5. The predicted octanol–water partition coefficient (Wildman–Crippen LogP) is -1.04. The number of nitrogens with zero attached hydrogens (tertiary/aromatic N) is 1. The molecule has 0 spiro atoms. The molecule has 0 aromatic heterocycles. The van der Waals surface area contributed by atoms with Gasteiger partial charge in [0.1, 0.15) is 9.84 Å². The first-order valence-corrected chi connectivity index (χ1v) is 8.35. The third-order valence-electron chi connectivity index (χ3n) is 3.01. The van der Waals surface area contributed by atoms with Gasteiger partial charge >= 0.3 is 0 Å². The standard InChI is InChI=1S/C11H23N3O3S/c1-18(16,17)8-2-5-13-11(15)9-14-6-3-10(12)4-7-14/h10H,2-9,12H2,1H3,(H,13,15). The molecule has 7 heteroatoms. The lowest BCUT2D eigenvalue weighted by molar-refractivity contribution is -0.122. The van der Waals surface area contributed by atoms with E-state index >= 15 is 0 Å². The van der Waals surface area contributed by atoms with Gasteiger partial charge in [-0.2, -0.15) is 0 Å². The maximum atomic E-state index is 11.6. The van der Waals surface area contributed by atoms with Crippen molar-refractivity contribution in [1.82, 2.24) is 10.2 Å². The smallest absolute Gasteiger partial charge is 0.234 e. The van der Waals surface area contributed by atoms with E-state index in [4.69, 9.17) is 5.73 Å². The molecule has 3 N–H and O–H groups in total. The Balaban J connectivity index is 2.10. The summed E-state index contributed by atoms with van der Waals surface area (Å²) in [7, 11) is -2.93. The summed E-state index contributed by atoms with van der Waals surface area (Å²) in [6.07, 6.45) is 3.53. The maximum Gasteiger partial charge on any atom is 0.234 e. The second-order valence-electron chi connectivity index (χ2n) is 4.95. The molecule has 18 heavy (non-hydrogen) atoms. The molecule has 0 aliphatic carbocycles. The van der Waals surface area contributed by atoms with Gasteiger partial charge in [0, 0.05) is 31.9 Å². The molecule has 1 aliphatic rings. The van der Waals surface area contributed by atoms with Crippen LogP contribution in [0.4, 0.5) is 0 Å². The number of hydrogen-bond donors (Lipinski definition) is 2. The van der Waals surface area contributed by atoms with Crippen molar-refractivity contribution < 1.29 is 13.2 Å². The quantitative estimate of drug-likeness (QED) is 0.605. The van der Waals surface area contributed by atoms with E-state index < -0.39 is 9.84 Å². The van der Waals surface area contributed by atoms with Crippen LogP contribution < -0.4 is 11.1 Å². The number of likely N-dealkylation sites (tertiary alicyclic amines) is 1. The number of rotatable bonds is 6. The largest absolute Gasteiger partial charge is 0.355 e. The molecule has 1 rings (SSSR count). The summed E-state index contributed by atoms with van der Waals surface area (Å²) < 4.78 is 21.8. The van der Waals surface area contributed by atoms with Crippen LogP contribution in [0, 0.1) is 0 Å². The lowest BCUT2D eigenvalue weighted by atomic mass is 10.1. The van der Waals surface area contributed by atoms with Gasteiger partial charge in [0.2, 0.25) is 5.91 Å².